The Kier molecular flexibility index (Phi) is 4.76. The summed E-state index contributed by atoms with van der Waals surface area (Å²) in [5.41, 5.74) is 0.701. The number of nitrogens with one attached hydrogen (secondary N) is 1. The van der Waals surface area contributed by atoms with Gasteiger partial charge in [0.1, 0.15) is 5.75 Å². The molecule has 1 atom stereocenters. The maximum Gasteiger partial charge on any atom is 0.226 e. The topological polar surface area (TPSA) is 56.1 Å². The van der Waals surface area contributed by atoms with Crippen LogP contribution in [0.4, 0.5) is 5.69 Å². The van der Waals surface area contributed by atoms with E-state index in [1.165, 1.54) is 0 Å². The molecule has 1 N–H and O–H groups in total. The highest BCUT2D eigenvalue weighted by atomic mass is 16.5. The molecule has 20 heavy (non-hydrogen) atoms. The fourth-order valence-corrected chi connectivity index (χ4v) is 1.96. The first-order valence-electron chi connectivity index (χ1n) is 6.71. The molecule has 5 heteroatoms. The molecule has 0 bridgehead atoms. The van der Waals surface area contributed by atoms with Crippen molar-refractivity contribution in [3.8, 4) is 5.75 Å². The van der Waals surface area contributed by atoms with Crippen molar-refractivity contribution in [2.75, 3.05) is 11.9 Å². The zero-order valence-corrected chi connectivity index (χ0v) is 11.7. The van der Waals surface area contributed by atoms with E-state index in [9.17, 15) is 4.79 Å². The summed E-state index contributed by atoms with van der Waals surface area (Å²) in [6.45, 7) is 4.44. The molecule has 1 amide bonds. The molecular formula is C15H19N3O2. The molecule has 0 saturated carbocycles. The summed E-state index contributed by atoms with van der Waals surface area (Å²) in [5.74, 6) is 0.634. The molecule has 2 rings (SSSR count). The average Bonchev–Trinajstić information content (AvgIpc) is 2.95. The van der Waals surface area contributed by atoms with Crippen molar-refractivity contribution in [3.63, 3.8) is 0 Å². The van der Waals surface area contributed by atoms with Crippen LogP contribution in [0.3, 0.4) is 0 Å². The zero-order chi connectivity index (χ0) is 14.4. The Bertz CT molecular complexity index is 552. The highest BCUT2D eigenvalue weighted by molar-refractivity contribution is 5.92. The molecule has 0 spiro atoms. The van der Waals surface area contributed by atoms with Crippen molar-refractivity contribution in [3.05, 3.63) is 42.7 Å². The van der Waals surface area contributed by atoms with Crippen molar-refractivity contribution >= 4 is 11.6 Å². The van der Waals surface area contributed by atoms with E-state index in [-0.39, 0.29) is 11.9 Å². The standard InChI is InChI=1S/C15H19N3O2/c1-3-20-14-8-5-4-7-13(14)17-15(19)11-12(2)18-10-6-9-16-18/h4-10,12H,3,11H2,1-2H3,(H,17,19)/t12-/m1/s1. The van der Waals surface area contributed by atoms with E-state index in [1.54, 1.807) is 10.9 Å². The van der Waals surface area contributed by atoms with Crippen LogP contribution >= 0.6 is 0 Å². The van der Waals surface area contributed by atoms with Gasteiger partial charge in [-0.15, -0.1) is 0 Å². The molecule has 0 unspecified atom stereocenters. The summed E-state index contributed by atoms with van der Waals surface area (Å²) in [6, 6.07) is 9.29. The Morgan fingerprint density at radius 2 is 2.20 bits per heavy atom. The van der Waals surface area contributed by atoms with Gasteiger partial charge in [0.2, 0.25) is 5.91 Å². The number of benzene rings is 1. The third-order valence-corrected chi connectivity index (χ3v) is 2.92. The largest absolute Gasteiger partial charge is 0.492 e. The van der Waals surface area contributed by atoms with Crippen LogP contribution in [0.2, 0.25) is 0 Å². The Hall–Kier alpha value is -2.30. The summed E-state index contributed by atoms with van der Waals surface area (Å²) in [4.78, 5) is 12.1. The highest BCUT2D eigenvalue weighted by Crippen LogP contribution is 2.24. The number of carbonyl (C=O) groups excluding carboxylic acids is 1. The second-order valence-corrected chi connectivity index (χ2v) is 4.52. The quantitative estimate of drug-likeness (QED) is 0.880. The van der Waals surface area contributed by atoms with E-state index in [4.69, 9.17) is 4.74 Å². The van der Waals surface area contributed by atoms with Gasteiger partial charge < -0.3 is 10.1 Å². The maximum absolute atomic E-state index is 12.1. The normalized spacial score (nSPS) is 11.9. The van der Waals surface area contributed by atoms with Crippen LogP contribution < -0.4 is 10.1 Å². The second-order valence-electron chi connectivity index (χ2n) is 4.52. The fraction of sp³-hybridized carbons (Fsp3) is 0.333. The minimum Gasteiger partial charge on any atom is -0.492 e. The Morgan fingerprint density at radius 3 is 2.90 bits per heavy atom. The van der Waals surface area contributed by atoms with Crippen molar-refractivity contribution in [1.82, 2.24) is 9.78 Å². The summed E-state index contributed by atoms with van der Waals surface area (Å²) >= 11 is 0. The SMILES string of the molecule is CCOc1ccccc1NC(=O)C[C@@H](C)n1cccn1. The van der Waals surface area contributed by atoms with Crippen molar-refractivity contribution in [2.24, 2.45) is 0 Å². The number of aromatic nitrogens is 2. The average molecular weight is 273 g/mol. The monoisotopic (exact) mass is 273 g/mol. The lowest BCUT2D eigenvalue weighted by atomic mass is 10.2. The van der Waals surface area contributed by atoms with Gasteiger partial charge in [-0.2, -0.15) is 5.10 Å². The Labute approximate surface area is 118 Å². The lowest BCUT2D eigenvalue weighted by Gasteiger charge is -2.14. The number of ether oxygens (including phenoxy) is 1. The third kappa shape index (κ3) is 3.60. The van der Waals surface area contributed by atoms with Crippen LogP contribution in [0.15, 0.2) is 42.7 Å². The minimum atomic E-state index is -0.0554. The van der Waals surface area contributed by atoms with Gasteiger partial charge in [-0.3, -0.25) is 9.48 Å². The second kappa shape index (κ2) is 6.75. The number of nitrogens with zero attached hydrogens (tertiary/aromatic N) is 2. The van der Waals surface area contributed by atoms with Crippen LogP contribution in [0.5, 0.6) is 5.75 Å². The number of para-hydroxylation sites is 2. The molecule has 0 aliphatic heterocycles. The molecule has 1 aromatic heterocycles. The number of carbonyl (C=O) groups is 1. The van der Waals surface area contributed by atoms with Gasteiger partial charge in [0.25, 0.3) is 0 Å². The Morgan fingerprint density at radius 1 is 1.40 bits per heavy atom. The summed E-state index contributed by atoms with van der Waals surface area (Å²) in [7, 11) is 0. The smallest absolute Gasteiger partial charge is 0.226 e. The number of amides is 1. The van der Waals surface area contributed by atoms with Gasteiger partial charge in [-0.25, -0.2) is 0 Å². The van der Waals surface area contributed by atoms with Gasteiger partial charge >= 0.3 is 0 Å². The molecule has 2 aromatic rings. The number of hydrogen-bond acceptors (Lipinski definition) is 3. The lowest BCUT2D eigenvalue weighted by Crippen LogP contribution is -2.18. The summed E-state index contributed by atoms with van der Waals surface area (Å²) in [5, 5.41) is 7.02. The predicted molar refractivity (Wildman–Crippen MR) is 77.8 cm³/mol. The lowest BCUT2D eigenvalue weighted by molar-refractivity contribution is -0.116. The summed E-state index contributed by atoms with van der Waals surface area (Å²) in [6.07, 6.45) is 3.92. The third-order valence-electron chi connectivity index (χ3n) is 2.92. The molecule has 1 heterocycles. The zero-order valence-electron chi connectivity index (χ0n) is 11.7. The Balaban J connectivity index is 1.98. The van der Waals surface area contributed by atoms with E-state index >= 15 is 0 Å². The first-order chi connectivity index (χ1) is 9.70. The van der Waals surface area contributed by atoms with E-state index < -0.39 is 0 Å². The van der Waals surface area contributed by atoms with Crippen molar-refractivity contribution < 1.29 is 9.53 Å². The molecule has 0 radical (unpaired) electrons. The molecule has 0 saturated heterocycles. The van der Waals surface area contributed by atoms with Crippen LogP contribution in [0.1, 0.15) is 26.3 Å². The summed E-state index contributed by atoms with van der Waals surface area (Å²) < 4.78 is 7.25. The van der Waals surface area contributed by atoms with E-state index in [1.807, 2.05) is 50.4 Å². The predicted octanol–water partition coefficient (Wildman–Crippen LogP) is 2.87. The molecule has 0 fully saturated rings. The van der Waals surface area contributed by atoms with Crippen molar-refractivity contribution in [1.29, 1.82) is 0 Å². The van der Waals surface area contributed by atoms with Gasteiger partial charge in [-0.05, 0) is 32.0 Å². The highest BCUT2D eigenvalue weighted by Gasteiger charge is 2.12. The first kappa shape index (κ1) is 14.1. The molecule has 0 aliphatic carbocycles. The van der Waals surface area contributed by atoms with Gasteiger partial charge in [0.05, 0.1) is 18.3 Å². The first-order valence-corrected chi connectivity index (χ1v) is 6.71. The van der Waals surface area contributed by atoms with Crippen LogP contribution in [0, 0.1) is 0 Å². The number of anilines is 1. The van der Waals surface area contributed by atoms with Gasteiger partial charge in [-0.1, -0.05) is 12.1 Å². The number of rotatable bonds is 6. The van der Waals surface area contributed by atoms with Crippen molar-refractivity contribution in [2.45, 2.75) is 26.3 Å². The van der Waals surface area contributed by atoms with Gasteiger partial charge in [0.15, 0.2) is 0 Å². The fourth-order valence-electron chi connectivity index (χ4n) is 1.96. The van der Waals surface area contributed by atoms with E-state index in [0.29, 0.717) is 24.5 Å². The maximum atomic E-state index is 12.1. The molecule has 1 aromatic carbocycles. The van der Waals surface area contributed by atoms with Crippen LogP contribution in [-0.2, 0) is 4.79 Å². The minimum absolute atomic E-state index is 0.0178. The van der Waals surface area contributed by atoms with Gasteiger partial charge in [0, 0.05) is 18.8 Å². The molecular weight excluding hydrogens is 254 g/mol. The van der Waals surface area contributed by atoms with Crippen LogP contribution in [-0.4, -0.2) is 22.3 Å². The molecule has 106 valence electrons. The number of hydrogen-bond donors (Lipinski definition) is 1. The van der Waals surface area contributed by atoms with E-state index in [2.05, 4.69) is 10.4 Å². The molecule has 0 aliphatic rings. The molecule has 5 nitrogen and oxygen atoms in total. The van der Waals surface area contributed by atoms with E-state index in [0.717, 1.165) is 0 Å². The van der Waals surface area contributed by atoms with Crippen LogP contribution in [0.25, 0.3) is 0 Å².